The zero-order valence-electron chi connectivity index (χ0n) is 9.15. The van der Waals surface area contributed by atoms with E-state index in [0.29, 0.717) is 0 Å². The quantitative estimate of drug-likeness (QED) is 0.619. The maximum absolute atomic E-state index is 12.2. The van der Waals surface area contributed by atoms with Crippen molar-refractivity contribution < 1.29 is 9.90 Å². The summed E-state index contributed by atoms with van der Waals surface area (Å²) in [6.45, 7) is 3.73. The van der Waals surface area contributed by atoms with Gasteiger partial charge < -0.3 is 10.0 Å². The minimum atomic E-state index is -0.454. The molecule has 0 saturated carbocycles. The third-order valence-corrected chi connectivity index (χ3v) is 4.40. The molecule has 0 radical (unpaired) electrons. The second-order valence-corrected chi connectivity index (χ2v) is 5.22. The summed E-state index contributed by atoms with van der Waals surface area (Å²) in [5.41, 5.74) is -0.322. The summed E-state index contributed by atoms with van der Waals surface area (Å²) >= 11 is 0. The highest BCUT2D eigenvalue weighted by atomic mass is 16.3. The molecule has 3 saturated heterocycles. The first-order valence-corrected chi connectivity index (χ1v) is 5.90. The Morgan fingerprint density at radius 1 is 1.40 bits per heavy atom. The molecule has 15 heavy (non-hydrogen) atoms. The van der Waals surface area contributed by atoms with E-state index in [9.17, 15) is 9.90 Å². The van der Waals surface area contributed by atoms with E-state index in [-0.39, 0.29) is 17.5 Å². The molecular formula is C11H18N2O2. The number of rotatable bonds is 0. The number of hydrogen-bond acceptors (Lipinski definition) is 3. The fraction of sp³-hybridized carbons (Fsp3) is 0.909. The average Bonchev–Trinajstić information content (AvgIpc) is 2.81. The first-order chi connectivity index (χ1) is 7.14. The fourth-order valence-corrected chi connectivity index (χ4v) is 3.50. The van der Waals surface area contributed by atoms with Gasteiger partial charge in [0.2, 0.25) is 5.91 Å². The van der Waals surface area contributed by atoms with E-state index in [0.717, 1.165) is 38.8 Å². The van der Waals surface area contributed by atoms with Gasteiger partial charge in [0, 0.05) is 13.1 Å². The smallest absolute Gasteiger partial charge is 0.240 e. The Labute approximate surface area is 89.8 Å². The van der Waals surface area contributed by atoms with Gasteiger partial charge in [0.15, 0.2) is 0 Å². The van der Waals surface area contributed by atoms with E-state index < -0.39 is 6.23 Å². The summed E-state index contributed by atoms with van der Waals surface area (Å²) in [6, 6.07) is -0.0359. The molecule has 3 rings (SSSR count). The number of piperazine rings is 1. The minimum absolute atomic E-state index is 0.0359. The van der Waals surface area contributed by atoms with Crippen LogP contribution in [0.4, 0.5) is 0 Å². The van der Waals surface area contributed by atoms with Crippen LogP contribution < -0.4 is 0 Å². The molecule has 4 nitrogen and oxygen atoms in total. The van der Waals surface area contributed by atoms with Gasteiger partial charge in [-0.2, -0.15) is 0 Å². The number of hydrogen-bond donors (Lipinski definition) is 1. The van der Waals surface area contributed by atoms with Crippen LogP contribution in [0, 0.1) is 0 Å². The number of fused-ring (bicyclic) bond motifs is 2. The van der Waals surface area contributed by atoms with Crippen LogP contribution in [-0.2, 0) is 4.79 Å². The first-order valence-electron chi connectivity index (χ1n) is 5.90. The molecule has 0 spiro atoms. The van der Waals surface area contributed by atoms with Gasteiger partial charge in [0.1, 0.15) is 6.23 Å². The third-order valence-electron chi connectivity index (χ3n) is 4.40. The molecule has 0 aromatic rings. The van der Waals surface area contributed by atoms with E-state index in [1.807, 2.05) is 16.7 Å². The topological polar surface area (TPSA) is 43.8 Å². The highest BCUT2D eigenvalue weighted by molar-refractivity contribution is 5.84. The van der Waals surface area contributed by atoms with Crippen LogP contribution in [0.25, 0.3) is 0 Å². The minimum Gasteiger partial charge on any atom is -0.376 e. The lowest BCUT2D eigenvalue weighted by atomic mass is 9.91. The Kier molecular flexibility index (Phi) is 1.89. The molecule has 84 valence electrons. The molecular weight excluding hydrogens is 192 g/mol. The van der Waals surface area contributed by atoms with Crippen molar-refractivity contribution in [3.05, 3.63) is 0 Å². The molecule has 4 heteroatoms. The summed E-state index contributed by atoms with van der Waals surface area (Å²) in [5.74, 6) is 0.248. The third kappa shape index (κ3) is 1.06. The van der Waals surface area contributed by atoms with E-state index >= 15 is 0 Å². The zero-order chi connectivity index (χ0) is 10.6. The second kappa shape index (κ2) is 2.95. The van der Waals surface area contributed by atoms with Gasteiger partial charge in [-0.25, -0.2) is 0 Å². The Bertz CT molecular complexity index is 307. The fourth-order valence-electron chi connectivity index (χ4n) is 3.50. The van der Waals surface area contributed by atoms with Crippen LogP contribution in [0.1, 0.15) is 32.6 Å². The van der Waals surface area contributed by atoms with E-state index in [2.05, 4.69) is 0 Å². The Morgan fingerprint density at radius 3 is 3.00 bits per heavy atom. The molecule has 3 aliphatic heterocycles. The van der Waals surface area contributed by atoms with E-state index in [1.165, 1.54) is 0 Å². The van der Waals surface area contributed by atoms with Crippen LogP contribution in [0.2, 0.25) is 0 Å². The van der Waals surface area contributed by atoms with Crippen LogP contribution in [-0.4, -0.2) is 51.7 Å². The normalized spacial score (nSPS) is 45.7. The number of aliphatic hydroxyl groups excluding tert-OH is 1. The number of carbonyl (C=O) groups is 1. The van der Waals surface area contributed by atoms with Crippen LogP contribution >= 0.6 is 0 Å². The summed E-state index contributed by atoms with van der Waals surface area (Å²) < 4.78 is 0. The molecule has 1 amide bonds. The van der Waals surface area contributed by atoms with Crippen LogP contribution in [0.15, 0.2) is 0 Å². The zero-order valence-corrected chi connectivity index (χ0v) is 9.15. The maximum Gasteiger partial charge on any atom is 0.240 e. The van der Waals surface area contributed by atoms with Crippen molar-refractivity contribution in [2.24, 2.45) is 0 Å². The SMILES string of the molecule is CC12CCCN1C(=O)[C@@H]1CCCN1C2O. The molecule has 0 bridgehead atoms. The first kappa shape index (κ1) is 9.60. The van der Waals surface area contributed by atoms with Crippen LogP contribution in [0.5, 0.6) is 0 Å². The van der Waals surface area contributed by atoms with Crippen molar-refractivity contribution in [2.45, 2.75) is 50.4 Å². The van der Waals surface area contributed by atoms with Gasteiger partial charge in [0.05, 0.1) is 11.6 Å². The number of carbonyl (C=O) groups excluding carboxylic acids is 1. The molecule has 0 aromatic heterocycles. The monoisotopic (exact) mass is 210 g/mol. The van der Waals surface area contributed by atoms with Crippen molar-refractivity contribution in [3.8, 4) is 0 Å². The van der Waals surface area contributed by atoms with E-state index in [4.69, 9.17) is 0 Å². The molecule has 0 aromatic carbocycles. The van der Waals surface area contributed by atoms with Gasteiger partial charge in [-0.3, -0.25) is 9.69 Å². The Morgan fingerprint density at radius 2 is 2.20 bits per heavy atom. The molecule has 3 fully saturated rings. The largest absolute Gasteiger partial charge is 0.376 e. The summed E-state index contributed by atoms with van der Waals surface area (Å²) in [5, 5.41) is 10.4. The van der Waals surface area contributed by atoms with Gasteiger partial charge in [0.25, 0.3) is 0 Å². The molecule has 3 atom stereocenters. The standard InChI is InChI=1S/C11H18N2O2/c1-11-5-3-7-13(11)9(14)8-4-2-6-12(8)10(11)15/h8,10,15H,2-7H2,1H3/t8-,10?,11?/m0/s1. The van der Waals surface area contributed by atoms with Crippen molar-refractivity contribution in [1.29, 1.82) is 0 Å². The van der Waals surface area contributed by atoms with Gasteiger partial charge in [-0.15, -0.1) is 0 Å². The summed E-state index contributed by atoms with van der Waals surface area (Å²) in [4.78, 5) is 16.1. The van der Waals surface area contributed by atoms with Gasteiger partial charge in [-0.05, 0) is 32.6 Å². The maximum atomic E-state index is 12.2. The van der Waals surface area contributed by atoms with Crippen LogP contribution in [0.3, 0.4) is 0 Å². The van der Waals surface area contributed by atoms with Crippen molar-refractivity contribution in [1.82, 2.24) is 9.80 Å². The van der Waals surface area contributed by atoms with Gasteiger partial charge in [-0.1, -0.05) is 0 Å². The molecule has 3 aliphatic rings. The van der Waals surface area contributed by atoms with Crippen molar-refractivity contribution >= 4 is 5.91 Å². The summed E-state index contributed by atoms with van der Waals surface area (Å²) in [6.07, 6.45) is 3.47. The lowest BCUT2D eigenvalue weighted by Crippen LogP contribution is -2.68. The molecule has 1 N–H and O–H groups in total. The highest BCUT2D eigenvalue weighted by Gasteiger charge is 2.56. The lowest BCUT2D eigenvalue weighted by Gasteiger charge is -2.50. The summed E-state index contributed by atoms with van der Waals surface area (Å²) in [7, 11) is 0. The predicted octanol–water partition coefficient (Wildman–Crippen LogP) is 0.164. The second-order valence-electron chi connectivity index (χ2n) is 5.22. The lowest BCUT2D eigenvalue weighted by molar-refractivity contribution is -0.175. The predicted molar refractivity (Wildman–Crippen MR) is 55.1 cm³/mol. The van der Waals surface area contributed by atoms with Gasteiger partial charge >= 0.3 is 0 Å². The van der Waals surface area contributed by atoms with Crippen molar-refractivity contribution in [2.75, 3.05) is 13.1 Å². The number of nitrogens with zero attached hydrogens (tertiary/aromatic N) is 2. The molecule has 0 aliphatic carbocycles. The molecule has 3 heterocycles. The number of amides is 1. The number of aliphatic hydroxyl groups is 1. The Balaban J connectivity index is 1.99. The van der Waals surface area contributed by atoms with Crippen molar-refractivity contribution in [3.63, 3.8) is 0 Å². The molecule has 2 unspecified atom stereocenters. The Hall–Kier alpha value is -0.610. The highest BCUT2D eigenvalue weighted by Crippen LogP contribution is 2.41. The van der Waals surface area contributed by atoms with E-state index in [1.54, 1.807) is 0 Å². The average molecular weight is 210 g/mol.